The summed E-state index contributed by atoms with van der Waals surface area (Å²) in [4.78, 5) is 12.2. The summed E-state index contributed by atoms with van der Waals surface area (Å²) < 4.78 is 35.1. The van der Waals surface area contributed by atoms with Crippen molar-refractivity contribution in [2.24, 2.45) is 0 Å². The molecule has 1 aromatic heterocycles. The lowest BCUT2D eigenvalue weighted by atomic mass is 10.2. The number of carbonyl (C=O) groups is 1. The van der Waals surface area contributed by atoms with E-state index in [-0.39, 0.29) is 24.7 Å². The summed E-state index contributed by atoms with van der Waals surface area (Å²) in [6.07, 6.45) is 1.01. The Labute approximate surface area is 146 Å². The zero-order valence-corrected chi connectivity index (χ0v) is 15.4. The molecule has 1 aromatic carbocycles. The summed E-state index contributed by atoms with van der Waals surface area (Å²) in [5, 5.41) is 6.44. The summed E-state index contributed by atoms with van der Waals surface area (Å²) in [6, 6.07) is 6.91. The van der Waals surface area contributed by atoms with Gasteiger partial charge in [0.1, 0.15) is 11.5 Å². The van der Waals surface area contributed by atoms with Gasteiger partial charge in [0, 0.05) is 19.0 Å². The number of nitrogens with one attached hydrogen (secondary N) is 1. The first-order chi connectivity index (χ1) is 11.7. The number of amides is 1. The van der Waals surface area contributed by atoms with E-state index in [9.17, 15) is 13.2 Å². The van der Waals surface area contributed by atoms with E-state index in [2.05, 4.69) is 10.5 Å². The van der Waals surface area contributed by atoms with Crippen molar-refractivity contribution in [2.75, 3.05) is 29.5 Å². The zero-order chi connectivity index (χ0) is 18.6. The van der Waals surface area contributed by atoms with Crippen LogP contribution < -0.4 is 14.4 Å². The number of sulfonamides is 1. The molecule has 1 amide bonds. The molecule has 136 valence electrons. The van der Waals surface area contributed by atoms with E-state index in [0.29, 0.717) is 17.2 Å². The molecule has 0 spiro atoms. The fourth-order valence-electron chi connectivity index (χ4n) is 2.26. The molecule has 2 rings (SSSR count). The Morgan fingerprint density at radius 2 is 2.04 bits per heavy atom. The highest BCUT2D eigenvalue weighted by Crippen LogP contribution is 2.25. The molecule has 0 aliphatic carbocycles. The Morgan fingerprint density at radius 1 is 1.32 bits per heavy atom. The van der Waals surface area contributed by atoms with Gasteiger partial charge in [-0.1, -0.05) is 11.2 Å². The van der Waals surface area contributed by atoms with Gasteiger partial charge in [0.05, 0.1) is 19.1 Å². The van der Waals surface area contributed by atoms with Crippen LogP contribution in [-0.2, 0) is 14.8 Å². The van der Waals surface area contributed by atoms with Crippen molar-refractivity contribution in [1.29, 1.82) is 0 Å². The predicted molar refractivity (Wildman–Crippen MR) is 94.4 cm³/mol. The monoisotopic (exact) mass is 367 g/mol. The summed E-state index contributed by atoms with van der Waals surface area (Å²) >= 11 is 0. The number of methoxy groups -OCH3 is 1. The number of hydrogen-bond acceptors (Lipinski definition) is 6. The van der Waals surface area contributed by atoms with Crippen LogP contribution in [0.15, 0.2) is 28.8 Å². The lowest BCUT2D eigenvalue weighted by molar-refractivity contribution is -0.116. The van der Waals surface area contributed by atoms with E-state index in [1.165, 1.54) is 13.2 Å². The van der Waals surface area contributed by atoms with Crippen LogP contribution in [0.1, 0.15) is 17.7 Å². The number of rotatable bonds is 7. The molecule has 1 N–H and O–H groups in total. The van der Waals surface area contributed by atoms with Crippen LogP contribution in [-0.4, -0.2) is 39.4 Å². The van der Waals surface area contributed by atoms with Crippen molar-refractivity contribution in [3.63, 3.8) is 0 Å². The van der Waals surface area contributed by atoms with E-state index in [1.807, 2.05) is 13.0 Å². The molecule has 0 radical (unpaired) electrons. The maximum absolute atomic E-state index is 12.2. The zero-order valence-electron chi connectivity index (χ0n) is 14.6. The van der Waals surface area contributed by atoms with E-state index >= 15 is 0 Å². The SMILES string of the molecule is COc1ccc(C)cc1NC(=O)CCN(c1cc(C)on1)S(C)(=O)=O. The molecule has 8 nitrogen and oxygen atoms in total. The molecular weight excluding hydrogens is 346 g/mol. The average Bonchev–Trinajstić information content (AvgIpc) is 2.92. The smallest absolute Gasteiger partial charge is 0.233 e. The van der Waals surface area contributed by atoms with Crippen LogP contribution in [0.3, 0.4) is 0 Å². The van der Waals surface area contributed by atoms with Gasteiger partial charge in [-0.3, -0.25) is 9.10 Å². The van der Waals surface area contributed by atoms with Gasteiger partial charge in [-0.25, -0.2) is 8.42 Å². The Bertz CT molecular complexity index is 860. The fourth-order valence-corrected chi connectivity index (χ4v) is 3.11. The highest BCUT2D eigenvalue weighted by molar-refractivity contribution is 7.92. The number of benzene rings is 1. The van der Waals surface area contributed by atoms with Crippen LogP contribution in [0.5, 0.6) is 5.75 Å². The third-order valence-electron chi connectivity index (χ3n) is 3.44. The fraction of sp³-hybridized carbons (Fsp3) is 0.375. The normalized spacial score (nSPS) is 11.2. The third kappa shape index (κ3) is 4.96. The Hall–Kier alpha value is -2.55. The van der Waals surface area contributed by atoms with Gasteiger partial charge >= 0.3 is 0 Å². The second-order valence-electron chi connectivity index (χ2n) is 5.63. The first-order valence-electron chi connectivity index (χ1n) is 7.56. The quantitative estimate of drug-likeness (QED) is 0.804. The number of nitrogens with zero attached hydrogens (tertiary/aromatic N) is 2. The Morgan fingerprint density at radius 3 is 2.60 bits per heavy atom. The lowest BCUT2D eigenvalue weighted by Gasteiger charge is -2.19. The molecule has 0 fully saturated rings. The summed E-state index contributed by atoms with van der Waals surface area (Å²) in [5.74, 6) is 0.836. The second-order valence-corrected chi connectivity index (χ2v) is 7.54. The van der Waals surface area contributed by atoms with Crippen LogP contribution in [0, 0.1) is 13.8 Å². The topological polar surface area (TPSA) is 102 Å². The second kappa shape index (κ2) is 7.56. The van der Waals surface area contributed by atoms with Gasteiger partial charge in [0.25, 0.3) is 0 Å². The molecule has 0 saturated carbocycles. The van der Waals surface area contributed by atoms with Gasteiger partial charge in [-0.15, -0.1) is 0 Å². The molecule has 0 unspecified atom stereocenters. The van der Waals surface area contributed by atoms with Gasteiger partial charge in [-0.05, 0) is 31.5 Å². The minimum Gasteiger partial charge on any atom is -0.495 e. The molecular formula is C16H21N3O5S. The highest BCUT2D eigenvalue weighted by atomic mass is 32.2. The standard InChI is InChI=1S/C16H21N3O5S/c1-11-5-6-14(23-3)13(9-11)17-16(20)7-8-19(25(4,21)22)15-10-12(2)24-18-15/h5-6,9-10H,7-8H2,1-4H3,(H,17,20). The van der Waals surface area contributed by atoms with Crippen molar-refractivity contribution in [2.45, 2.75) is 20.3 Å². The third-order valence-corrected chi connectivity index (χ3v) is 4.61. The molecule has 0 saturated heterocycles. The largest absolute Gasteiger partial charge is 0.495 e. The minimum atomic E-state index is -3.59. The summed E-state index contributed by atoms with van der Waals surface area (Å²) in [5.41, 5.74) is 1.50. The van der Waals surface area contributed by atoms with Gasteiger partial charge in [0.15, 0.2) is 5.82 Å². The molecule has 25 heavy (non-hydrogen) atoms. The van der Waals surface area contributed by atoms with Crippen LogP contribution in [0.4, 0.5) is 11.5 Å². The minimum absolute atomic E-state index is 0.0456. The van der Waals surface area contributed by atoms with Gasteiger partial charge in [0.2, 0.25) is 15.9 Å². The predicted octanol–water partition coefficient (Wildman–Crippen LogP) is 2.09. The molecule has 0 atom stereocenters. The van der Waals surface area contributed by atoms with Crippen LogP contribution in [0.25, 0.3) is 0 Å². The van der Waals surface area contributed by atoms with Crippen molar-refractivity contribution < 1.29 is 22.5 Å². The molecule has 0 aliphatic heterocycles. The Balaban J connectivity index is 2.08. The lowest BCUT2D eigenvalue weighted by Crippen LogP contribution is -2.33. The maximum atomic E-state index is 12.2. The van der Waals surface area contributed by atoms with Crippen molar-refractivity contribution >= 4 is 27.4 Å². The van der Waals surface area contributed by atoms with Crippen LogP contribution in [0.2, 0.25) is 0 Å². The Kier molecular flexibility index (Phi) is 5.68. The first-order valence-corrected chi connectivity index (χ1v) is 9.41. The molecule has 2 aromatic rings. The van der Waals surface area contributed by atoms with E-state index in [0.717, 1.165) is 16.1 Å². The number of ether oxygens (including phenoxy) is 1. The van der Waals surface area contributed by atoms with Crippen molar-refractivity contribution in [1.82, 2.24) is 5.16 Å². The van der Waals surface area contributed by atoms with E-state index in [4.69, 9.17) is 9.26 Å². The number of aromatic nitrogens is 1. The number of carbonyl (C=O) groups excluding carboxylic acids is 1. The average molecular weight is 367 g/mol. The van der Waals surface area contributed by atoms with Gasteiger partial charge in [-0.2, -0.15) is 0 Å². The molecule has 0 bridgehead atoms. The summed E-state index contributed by atoms with van der Waals surface area (Å²) in [6.45, 7) is 3.51. The maximum Gasteiger partial charge on any atom is 0.233 e. The first kappa shape index (κ1) is 18.8. The van der Waals surface area contributed by atoms with E-state index in [1.54, 1.807) is 19.1 Å². The molecule has 9 heteroatoms. The molecule has 1 heterocycles. The number of aryl methyl sites for hydroxylation is 2. The molecule has 0 aliphatic rings. The van der Waals surface area contributed by atoms with E-state index < -0.39 is 10.0 Å². The number of anilines is 2. The van der Waals surface area contributed by atoms with Crippen molar-refractivity contribution in [3.8, 4) is 5.75 Å². The van der Waals surface area contributed by atoms with Crippen molar-refractivity contribution in [3.05, 3.63) is 35.6 Å². The highest BCUT2D eigenvalue weighted by Gasteiger charge is 2.22. The van der Waals surface area contributed by atoms with Crippen LogP contribution >= 0.6 is 0 Å². The summed E-state index contributed by atoms with van der Waals surface area (Å²) in [7, 11) is -2.07. The number of hydrogen-bond donors (Lipinski definition) is 1. The van der Waals surface area contributed by atoms with Gasteiger partial charge < -0.3 is 14.6 Å².